The molecule has 10 aromatic rings. The van der Waals surface area contributed by atoms with E-state index in [2.05, 4.69) is 243 Å². The van der Waals surface area contributed by atoms with Gasteiger partial charge in [-0.2, -0.15) is 0 Å². The third-order valence-electron chi connectivity index (χ3n) is 13.1. The second-order valence-electron chi connectivity index (χ2n) is 17.1. The van der Waals surface area contributed by atoms with Crippen LogP contribution >= 0.6 is 23.2 Å². The van der Waals surface area contributed by atoms with Crippen LogP contribution in [-0.2, 0) is 5.41 Å². The van der Waals surface area contributed by atoms with Gasteiger partial charge in [0.25, 0.3) is 0 Å². The zero-order chi connectivity index (χ0) is 45.2. The summed E-state index contributed by atoms with van der Waals surface area (Å²) in [7, 11) is 0. The standard InChI is InChI=1S/C65H44Cl2/c66-57-35-27-49(28-36-57)47-23-31-55(32-24-47)65(56-33-25-48(26-34-56)50-29-37-58(67)38-30-50)63-43-45(41-61(51-13-5-1-6-14-51)52-15-7-2-8-16-52)21-39-59(63)60-40-22-46(44-64(60)65)42-62(53-17-9-3-10-18-53)54-19-11-4-12-20-54/h1-44H. The van der Waals surface area contributed by atoms with Gasteiger partial charge in [-0.3, -0.25) is 0 Å². The molecule has 0 N–H and O–H groups in total. The Morgan fingerprint density at radius 2 is 0.582 bits per heavy atom. The zero-order valence-electron chi connectivity index (χ0n) is 36.7. The van der Waals surface area contributed by atoms with Crippen molar-refractivity contribution in [3.63, 3.8) is 0 Å². The number of rotatable bonds is 10. The fraction of sp³-hybridized carbons (Fsp3) is 0.0154. The molecule has 0 spiro atoms. The van der Waals surface area contributed by atoms with Gasteiger partial charge in [-0.1, -0.05) is 242 Å². The molecule has 2 heteroatoms. The van der Waals surface area contributed by atoms with Gasteiger partial charge in [-0.05, 0) is 149 Å². The van der Waals surface area contributed by atoms with E-state index in [0.717, 1.165) is 43.4 Å². The summed E-state index contributed by atoms with van der Waals surface area (Å²) < 4.78 is 0. The second kappa shape index (κ2) is 18.3. The highest BCUT2D eigenvalue weighted by Gasteiger charge is 2.46. The third-order valence-corrected chi connectivity index (χ3v) is 13.6. The lowest BCUT2D eigenvalue weighted by Crippen LogP contribution is -2.28. The van der Waals surface area contributed by atoms with E-state index < -0.39 is 5.41 Å². The van der Waals surface area contributed by atoms with Crippen molar-refractivity contribution >= 4 is 46.5 Å². The molecule has 0 nitrogen and oxygen atoms in total. The predicted octanol–water partition coefficient (Wildman–Crippen LogP) is 17.9. The first-order valence-corrected chi connectivity index (χ1v) is 23.4. The molecule has 0 bridgehead atoms. The summed E-state index contributed by atoms with van der Waals surface area (Å²) in [6.07, 6.45) is 4.71. The van der Waals surface area contributed by atoms with Gasteiger partial charge in [0.15, 0.2) is 0 Å². The van der Waals surface area contributed by atoms with Crippen molar-refractivity contribution in [1.82, 2.24) is 0 Å². The zero-order valence-corrected chi connectivity index (χ0v) is 38.2. The van der Waals surface area contributed by atoms with Crippen LogP contribution in [0.1, 0.15) is 55.6 Å². The first kappa shape index (κ1) is 41.9. The van der Waals surface area contributed by atoms with E-state index >= 15 is 0 Å². The van der Waals surface area contributed by atoms with E-state index in [1.165, 1.54) is 66.8 Å². The van der Waals surface area contributed by atoms with Gasteiger partial charge in [0.2, 0.25) is 0 Å². The Morgan fingerprint density at radius 3 is 0.881 bits per heavy atom. The lowest BCUT2D eigenvalue weighted by molar-refractivity contribution is 0.768. The molecule has 0 aromatic heterocycles. The van der Waals surface area contributed by atoms with E-state index in [0.29, 0.717) is 0 Å². The number of hydrogen-bond acceptors (Lipinski definition) is 0. The molecule has 0 saturated heterocycles. The Labute approximate surface area is 403 Å². The summed E-state index contributed by atoms with van der Waals surface area (Å²) in [4.78, 5) is 0. The van der Waals surface area contributed by atoms with Gasteiger partial charge in [0.1, 0.15) is 0 Å². The summed E-state index contributed by atoms with van der Waals surface area (Å²) in [5.74, 6) is 0. The van der Waals surface area contributed by atoms with Crippen LogP contribution in [0, 0.1) is 0 Å². The van der Waals surface area contributed by atoms with Crippen molar-refractivity contribution in [2.75, 3.05) is 0 Å². The molecule has 0 atom stereocenters. The Morgan fingerprint density at radius 1 is 0.299 bits per heavy atom. The highest BCUT2D eigenvalue weighted by molar-refractivity contribution is 6.31. The Hall–Kier alpha value is -7.74. The predicted molar refractivity (Wildman–Crippen MR) is 284 cm³/mol. The van der Waals surface area contributed by atoms with Gasteiger partial charge in [0.05, 0.1) is 5.41 Å². The first-order valence-electron chi connectivity index (χ1n) is 22.7. The molecule has 0 saturated carbocycles. The number of benzene rings is 10. The number of fused-ring (bicyclic) bond motifs is 3. The molecule has 0 aliphatic heterocycles. The Balaban J connectivity index is 1.18. The summed E-state index contributed by atoms with van der Waals surface area (Å²) in [6, 6.07) is 91.6. The lowest BCUT2D eigenvalue weighted by Gasteiger charge is -2.34. The summed E-state index contributed by atoms with van der Waals surface area (Å²) in [5.41, 5.74) is 20.4. The average molecular weight is 896 g/mol. The minimum Gasteiger partial charge on any atom is -0.0843 e. The highest BCUT2D eigenvalue weighted by Crippen LogP contribution is 2.57. The SMILES string of the molecule is Clc1ccc(-c2ccc(C3(c4ccc(-c5ccc(Cl)cc5)cc4)c4cc(C=C(c5ccccc5)c5ccccc5)ccc4-c4ccc(C=C(c5ccccc5)c5ccccc5)cc43)cc2)cc1. The molecule has 0 heterocycles. The number of halogens is 2. The van der Waals surface area contributed by atoms with Crippen LogP contribution in [0.5, 0.6) is 0 Å². The normalized spacial score (nSPS) is 12.1. The molecule has 0 amide bonds. The van der Waals surface area contributed by atoms with Crippen LogP contribution in [-0.4, -0.2) is 0 Å². The minimum absolute atomic E-state index is 0.700. The van der Waals surface area contributed by atoms with Gasteiger partial charge >= 0.3 is 0 Å². The summed E-state index contributed by atoms with van der Waals surface area (Å²) >= 11 is 12.7. The minimum atomic E-state index is -0.700. The maximum absolute atomic E-state index is 6.36. The monoisotopic (exact) mass is 894 g/mol. The molecule has 10 aromatic carbocycles. The molecule has 0 unspecified atom stereocenters. The van der Waals surface area contributed by atoms with Crippen LogP contribution in [0.2, 0.25) is 10.0 Å². The molecule has 67 heavy (non-hydrogen) atoms. The van der Waals surface area contributed by atoms with Crippen molar-refractivity contribution in [3.8, 4) is 33.4 Å². The smallest absolute Gasteiger partial charge is 0.0714 e. The van der Waals surface area contributed by atoms with Gasteiger partial charge < -0.3 is 0 Å². The maximum atomic E-state index is 6.36. The van der Waals surface area contributed by atoms with Crippen LogP contribution in [0.4, 0.5) is 0 Å². The van der Waals surface area contributed by atoms with E-state index in [1.54, 1.807) is 0 Å². The Bertz CT molecular complexity index is 3070. The van der Waals surface area contributed by atoms with Crippen molar-refractivity contribution in [2.24, 2.45) is 0 Å². The van der Waals surface area contributed by atoms with Gasteiger partial charge in [0, 0.05) is 10.0 Å². The van der Waals surface area contributed by atoms with Crippen LogP contribution < -0.4 is 0 Å². The highest BCUT2D eigenvalue weighted by atomic mass is 35.5. The average Bonchev–Trinajstić information content (AvgIpc) is 3.68. The van der Waals surface area contributed by atoms with Crippen LogP contribution in [0.15, 0.2) is 255 Å². The third kappa shape index (κ3) is 8.17. The summed E-state index contributed by atoms with van der Waals surface area (Å²) in [6.45, 7) is 0. The molecule has 1 aliphatic rings. The maximum Gasteiger partial charge on any atom is 0.0714 e. The summed E-state index contributed by atoms with van der Waals surface area (Å²) in [5, 5.41) is 1.45. The molecule has 0 fully saturated rings. The van der Waals surface area contributed by atoms with Gasteiger partial charge in [-0.25, -0.2) is 0 Å². The molecule has 11 rings (SSSR count). The molecule has 0 radical (unpaired) electrons. The van der Waals surface area contributed by atoms with E-state index in [4.69, 9.17) is 23.2 Å². The van der Waals surface area contributed by atoms with E-state index in [9.17, 15) is 0 Å². The van der Waals surface area contributed by atoms with Crippen LogP contribution in [0.3, 0.4) is 0 Å². The topological polar surface area (TPSA) is 0 Å². The second-order valence-corrected chi connectivity index (χ2v) is 18.0. The molecule has 1 aliphatic carbocycles. The van der Waals surface area contributed by atoms with Gasteiger partial charge in [-0.15, -0.1) is 0 Å². The van der Waals surface area contributed by atoms with Crippen molar-refractivity contribution in [1.29, 1.82) is 0 Å². The van der Waals surface area contributed by atoms with Crippen molar-refractivity contribution < 1.29 is 0 Å². The Kier molecular flexibility index (Phi) is 11.4. The first-order chi connectivity index (χ1) is 33.0. The number of hydrogen-bond donors (Lipinski definition) is 0. The largest absolute Gasteiger partial charge is 0.0843 e. The fourth-order valence-corrected chi connectivity index (χ4v) is 10.2. The van der Waals surface area contributed by atoms with Crippen molar-refractivity contribution in [3.05, 3.63) is 320 Å². The quantitative estimate of drug-likeness (QED) is 0.120. The van der Waals surface area contributed by atoms with E-state index in [-0.39, 0.29) is 0 Å². The fourth-order valence-electron chi connectivity index (χ4n) is 9.91. The lowest BCUT2D eigenvalue weighted by atomic mass is 9.67. The van der Waals surface area contributed by atoms with Crippen LogP contribution in [0.25, 0.3) is 56.7 Å². The molecular weight excluding hydrogens is 852 g/mol. The molecule has 318 valence electrons. The van der Waals surface area contributed by atoms with Crippen molar-refractivity contribution in [2.45, 2.75) is 5.41 Å². The molecular formula is C65H44Cl2. The van der Waals surface area contributed by atoms with E-state index in [1.807, 2.05) is 24.3 Å².